The summed E-state index contributed by atoms with van der Waals surface area (Å²) in [5.74, 6) is -0.644. The number of rotatable bonds is 7. The maximum Gasteiger partial charge on any atom is 0.344 e. The molecule has 152 valence electrons. The van der Waals surface area contributed by atoms with Crippen LogP contribution in [0.15, 0.2) is 34.2 Å². The van der Waals surface area contributed by atoms with Gasteiger partial charge in [0.1, 0.15) is 10.8 Å². The zero-order valence-electron chi connectivity index (χ0n) is 16.2. The lowest BCUT2D eigenvalue weighted by molar-refractivity contribution is -0.145. The van der Waals surface area contributed by atoms with Gasteiger partial charge in [-0.2, -0.15) is 4.99 Å². The summed E-state index contributed by atoms with van der Waals surface area (Å²) in [5, 5.41) is 18.9. The molecule has 1 unspecified atom stereocenters. The third-order valence-electron chi connectivity index (χ3n) is 4.01. The van der Waals surface area contributed by atoms with Crippen LogP contribution in [-0.2, 0) is 9.59 Å². The molecule has 0 spiro atoms. The number of amides is 1. The Morgan fingerprint density at radius 1 is 1.31 bits per heavy atom. The molecule has 1 aliphatic heterocycles. The predicted molar refractivity (Wildman–Crippen MR) is 113 cm³/mol. The number of carbonyl (C=O) groups is 2. The van der Waals surface area contributed by atoms with Crippen LogP contribution in [0.1, 0.15) is 30.8 Å². The number of carboxylic acids is 1. The number of nitrogens with zero attached hydrogens (tertiary/aromatic N) is 4. The standard InChI is InChI=1S/C19H20N4O4S2/c1-4-14(17(25)26)27-13-8-6-12(7-9-13)10-15-16(24)23(5-2)19(29-15)20-18-22-21-11(3)28-18/h6-10,14H,4-5H2,1-3H3,(H,25,26)/b15-10+,20-19+. The Kier molecular flexibility index (Phi) is 6.65. The number of likely N-dealkylation sites (N-methyl/N-ethyl adjacent to an activating group) is 1. The van der Waals surface area contributed by atoms with Gasteiger partial charge in [-0.15, -0.1) is 10.2 Å². The number of aromatic nitrogens is 2. The Morgan fingerprint density at radius 3 is 2.59 bits per heavy atom. The van der Waals surface area contributed by atoms with Crippen LogP contribution >= 0.6 is 23.1 Å². The van der Waals surface area contributed by atoms with E-state index >= 15 is 0 Å². The van der Waals surface area contributed by atoms with Crippen molar-refractivity contribution in [3.63, 3.8) is 0 Å². The van der Waals surface area contributed by atoms with Crippen molar-refractivity contribution >= 4 is 51.4 Å². The van der Waals surface area contributed by atoms with Crippen LogP contribution in [0.4, 0.5) is 5.13 Å². The number of aliphatic carboxylic acids is 1. The summed E-state index contributed by atoms with van der Waals surface area (Å²) in [6, 6.07) is 6.95. The minimum Gasteiger partial charge on any atom is -0.479 e. The first kappa shape index (κ1) is 21.0. The Balaban J connectivity index is 1.78. The third-order valence-corrected chi connectivity index (χ3v) is 5.75. The highest BCUT2D eigenvalue weighted by molar-refractivity contribution is 8.18. The number of carbonyl (C=O) groups excluding carboxylic acids is 1. The number of hydrogen-bond donors (Lipinski definition) is 1. The van der Waals surface area contributed by atoms with E-state index in [0.717, 1.165) is 10.6 Å². The van der Waals surface area contributed by atoms with Crippen LogP contribution < -0.4 is 4.74 Å². The van der Waals surface area contributed by atoms with Crippen LogP contribution in [0.2, 0.25) is 0 Å². The second-order valence-corrected chi connectivity index (χ2v) is 8.25. The molecule has 2 heterocycles. The molecule has 0 bridgehead atoms. The van der Waals surface area contributed by atoms with Crippen LogP contribution in [0.5, 0.6) is 5.75 Å². The lowest BCUT2D eigenvalue weighted by atomic mass is 10.2. The van der Waals surface area contributed by atoms with Gasteiger partial charge in [0.05, 0.1) is 4.91 Å². The molecule has 1 saturated heterocycles. The Labute approximate surface area is 176 Å². The Bertz CT molecular complexity index is 969. The molecule has 1 aliphatic rings. The highest BCUT2D eigenvalue weighted by Gasteiger charge is 2.32. The topological polar surface area (TPSA) is 105 Å². The molecular formula is C19H20N4O4S2. The van der Waals surface area contributed by atoms with Gasteiger partial charge in [-0.1, -0.05) is 30.4 Å². The third kappa shape index (κ3) is 5.01. The summed E-state index contributed by atoms with van der Waals surface area (Å²) in [6.45, 7) is 5.99. The monoisotopic (exact) mass is 432 g/mol. The first-order valence-corrected chi connectivity index (χ1v) is 10.6. The average Bonchev–Trinajstić information content (AvgIpc) is 3.23. The van der Waals surface area contributed by atoms with E-state index < -0.39 is 12.1 Å². The smallest absolute Gasteiger partial charge is 0.344 e. The van der Waals surface area contributed by atoms with E-state index in [4.69, 9.17) is 9.84 Å². The molecule has 2 aromatic rings. The minimum atomic E-state index is -0.997. The van der Waals surface area contributed by atoms with Gasteiger partial charge in [-0.25, -0.2) is 4.79 Å². The molecule has 1 aromatic heterocycles. The van der Waals surface area contributed by atoms with Crippen molar-refractivity contribution in [2.45, 2.75) is 33.3 Å². The quantitative estimate of drug-likeness (QED) is 0.665. The second-order valence-electron chi connectivity index (χ2n) is 6.08. The number of amidine groups is 1. The molecule has 0 radical (unpaired) electrons. The van der Waals surface area contributed by atoms with Crippen LogP contribution in [0, 0.1) is 6.92 Å². The van der Waals surface area contributed by atoms with Crippen molar-refractivity contribution in [2.24, 2.45) is 4.99 Å². The van der Waals surface area contributed by atoms with E-state index in [9.17, 15) is 9.59 Å². The molecule has 10 heteroatoms. The number of aliphatic imine (C=N–C) groups is 1. The van der Waals surface area contributed by atoms with Gasteiger partial charge in [0.25, 0.3) is 5.91 Å². The molecule has 0 saturated carbocycles. The van der Waals surface area contributed by atoms with Crippen molar-refractivity contribution in [3.05, 3.63) is 39.7 Å². The summed E-state index contributed by atoms with van der Waals surface area (Å²) < 4.78 is 5.46. The zero-order valence-corrected chi connectivity index (χ0v) is 17.8. The van der Waals surface area contributed by atoms with Crippen LogP contribution in [-0.4, -0.2) is 49.9 Å². The number of aryl methyl sites for hydroxylation is 1. The van der Waals surface area contributed by atoms with Gasteiger partial charge in [0.15, 0.2) is 11.3 Å². The van der Waals surface area contributed by atoms with Crippen LogP contribution in [0.25, 0.3) is 6.08 Å². The van der Waals surface area contributed by atoms with Gasteiger partial charge >= 0.3 is 5.97 Å². The fraction of sp³-hybridized carbons (Fsp3) is 0.316. The van der Waals surface area contributed by atoms with Crippen molar-refractivity contribution < 1.29 is 19.4 Å². The maximum absolute atomic E-state index is 12.7. The fourth-order valence-electron chi connectivity index (χ4n) is 2.55. The Morgan fingerprint density at radius 2 is 2.03 bits per heavy atom. The highest BCUT2D eigenvalue weighted by Crippen LogP contribution is 2.34. The second kappa shape index (κ2) is 9.19. The van der Waals surface area contributed by atoms with Crippen LogP contribution in [0.3, 0.4) is 0 Å². The first-order valence-electron chi connectivity index (χ1n) is 9.01. The molecule has 1 amide bonds. The SMILES string of the molecule is CCC(Oc1ccc(/C=C2/S/C(=N/c3nnc(C)s3)N(CC)C2=O)cc1)C(=O)O. The lowest BCUT2D eigenvalue weighted by Crippen LogP contribution is -2.28. The predicted octanol–water partition coefficient (Wildman–Crippen LogP) is 3.71. The van der Waals surface area contributed by atoms with Gasteiger partial charge in [-0.3, -0.25) is 9.69 Å². The maximum atomic E-state index is 12.7. The van der Waals surface area contributed by atoms with Crippen molar-refractivity contribution in [1.82, 2.24) is 15.1 Å². The van der Waals surface area contributed by atoms with Gasteiger partial charge in [-0.05, 0) is 55.8 Å². The highest BCUT2D eigenvalue weighted by atomic mass is 32.2. The molecule has 1 fully saturated rings. The number of hydrogen-bond acceptors (Lipinski definition) is 8. The summed E-state index contributed by atoms with van der Waals surface area (Å²) in [7, 11) is 0. The fourth-order valence-corrected chi connectivity index (χ4v) is 4.21. The van der Waals surface area contributed by atoms with E-state index in [1.165, 1.54) is 23.1 Å². The summed E-state index contributed by atoms with van der Waals surface area (Å²) in [4.78, 5) is 30.4. The number of carboxylic acid groups (broad SMARTS) is 1. The molecular weight excluding hydrogens is 412 g/mol. The van der Waals surface area contributed by atoms with Crippen molar-refractivity contribution in [2.75, 3.05) is 6.54 Å². The number of ether oxygens (including phenoxy) is 1. The molecule has 1 N–H and O–H groups in total. The molecule has 29 heavy (non-hydrogen) atoms. The minimum absolute atomic E-state index is 0.116. The normalized spacial score (nSPS) is 17.9. The molecule has 8 nitrogen and oxygen atoms in total. The van der Waals surface area contributed by atoms with E-state index in [-0.39, 0.29) is 5.91 Å². The van der Waals surface area contributed by atoms with Crippen molar-refractivity contribution in [3.8, 4) is 5.75 Å². The number of benzene rings is 1. The van der Waals surface area contributed by atoms with E-state index in [2.05, 4.69) is 15.2 Å². The lowest BCUT2D eigenvalue weighted by Gasteiger charge is -2.13. The molecule has 1 atom stereocenters. The van der Waals surface area contributed by atoms with Crippen molar-refractivity contribution in [1.29, 1.82) is 0 Å². The first-order chi connectivity index (χ1) is 13.9. The molecule has 0 aliphatic carbocycles. The van der Waals surface area contributed by atoms with Gasteiger partial charge < -0.3 is 9.84 Å². The average molecular weight is 433 g/mol. The summed E-state index contributed by atoms with van der Waals surface area (Å²) in [5.41, 5.74) is 0.806. The van der Waals surface area contributed by atoms with Gasteiger partial charge in [0, 0.05) is 6.54 Å². The van der Waals surface area contributed by atoms with E-state index in [1.807, 2.05) is 13.8 Å². The summed E-state index contributed by atoms with van der Waals surface area (Å²) in [6.07, 6.45) is 1.27. The number of thioether (sulfide) groups is 1. The molecule has 1 aromatic carbocycles. The zero-order chi connectivity index (χ0) is 21.0. The summed E-state index contributed by atoms with van der Waals surface area (Å²) >= 11 is 2.66. The largest absolute Gasteiger partial charge is 0.479 e. The molecule has 3 rings (SSSR count). The van der Waals surface area contributed by atoms with E-state index in [0.29, 0.717) is 33.9 Å². The van der Waals surface area contributed by atoms with E-state index in [1.54, 1.807) is 42.2 Å². The Hall–Kier alpha value is -2.72. The van der Waals surface area contributed by atoms with Gasteiger partial charge in [0.2, 0.25) is 5.13 Å².